The topological polar surface area (TPSA) is 23.8 Å². The fourth-order valence-electron chi connectivity index (χ4n) is 0. The van der Waals surface area contributed by atoms with Gasteiger partial charge in [-0.1, -0.05) is 0 Å². The number of nitrogens with one attached hydrogen (secondary N) is 1. The van der Waals surface area contributed by atoms with Gasteiger partial charge in [0.25, 0.3) is 0 Å². The molecular weight excluding hydrogens is 674 g/mol. The van der Waals surface area contributed by atoms with Gasteiger partial charge in [0.1, 0.15) is 0 Å². The van der Waals surface area contributed by atoms with Gasteiger partial charge in [-0.3, -0.25) is 0 Å². The summed E-state index contributed by atoms with van der Waals surface area (Å²) in [6.45, 7) is 0. The number of hydrogen-bond donors (Lipinski definition) is 0. The van der Waals surface area contributed by atoms with Crippen molar-refractivity contribution in [3.63, 3.8) is 0 Å². The molecule has 0 heterocycles. The van der Waals surface area contributed by atoms with Gasteiger partial charge in [-0.25, -0.2) is 22.9 Å². The van der Waals surface area contributed by atoms with E-state index in [-0.39, 0.29) is 196 Å². The molecule has 0 bridgehead atoms. The second-order valence-electron chi connectivity index (χ2n) is 0. The summed E-state index contributed by atoms with van der Waals surface area (Å²) in [6, 6.07) is 0. The smallest absolute Gasteiger partial charge is 0 e. The van der Waals surface area contributed by atoms with Crippen LogP contribution in [0.3, 0.4) is 0 Å². The summed E-state index contributed by atoms with van der Waals surface area (Å²) in [5, 5.41) is 0. The van der Waals surface area contributed by atoms with Gasteiger partial charge in [0.15, 0.2) is 0 Å². The normalized spacial score (nSPS) is 2.38. The standard InChI is InChI=1S/HIN.6Y/c1-2;;;;;;/h2H;;;;;;/q-1;;;;;;/i/hT. The first-order valence-corrected chi connectivity index (χ1v) is 1.13. The third kappa shape index (κ3) is 37.7. The van der Waals surface area contributed by atoms with Gasteiger partial charge in [-0.15, -0.1) is 1.41 Å². The molecule has 0 saturated carbocycles. The van der Waals surface area contributed by atoms with Crippen molar-refractivity contribution in [1.82, 2.24) is 0 Å². The van der Waals surface area contributed by atoms with Crippen LogP contribution < -0.4 is 0 Å². The summed E-state index contributed by atoms with van der Waals surface area (Å²) in [5.74, 6) is 0. The largest absolute Gasteiger partial charge is 0.616 e. The van der Waals surface area contributed by atoms with Crippen molar-refractivity contribution >= 4 is 22.9 Å². The third-order valence-corrected chi connectivity index (χ3v) is 0. The molecule has 0 aromatic carbocycles. The van der Waals surface area contributed by atoms with Crippen LogP contribution in [0.25, 0.3) is 3.94 Å². The van der Waals surface area contributed by atoms with E-state index >= 15 is 0 Å². The molecular formula is HINY6-. The maximum absolute atomic E-state index is 5.82. The van der Waals surface area contributed by atoms with E-state index in [1.54, 1.807) is 22.9 Å². The van der Waals surface area contributed by atoms with Crippen LogP contribution in [0.1, 0.15) is 0 Å². The predicted octanol–water partition coefficient (Wildman–Crippen LogP) is 1.37. The van der Waals surface area contributed by atoms with Gasteiger partial charge >= 0.3 is 0 Å². The molecule has 0 unspecified atom stereocenters. The van der Waals surface area contributed by atoms with E-state index in [1.165, 1.54) is 0 Å². The summed E-state index contributed by atoms with van der Waals surface area (Å²) < 4.78 is 8.54. The molecule has 0 saturated heterocycles. The molecule has 0 spiro atoms. The van der Waals surface area contributed by atoms with Gasteiger partial charge < -0.3 is 3.94 Å². The Hall–Kier alpha value is 7.31. The zero-order valence-electron chi connectivity index (χ0n) is 5.29. The molecule has 0 aliphatic carbocycles. The summed E-state index contributed by atoms with van der Waals surface area (Å²) in [5.41, 5.74) is 0. The minimum Gasteiger partial charge on any atom is -0.616 e. The first-order chi connectivity index (χ1) is 1.41. The van der Waals surface area contributed by atoms with E-state index < -0.39 is 0 Å². The molecule has 8 heavy (non-hydrogen) atoms. The van der Waals surface area contributed by atoms with Crippen molar-refractivity contribution in [2.45, 2.75) is 0 Å². The molecule has 0 aliphatic rings. The van der Waals surface area contributed by atoms with Crippen molar-refractivity contribution in [3.8, 4) is 0 Å². The maximum Gasteiger partial charge on any atom is 0 e. The summed E-state index contributed by atoms with van der Waals surface area (Å²) in [4.78, 5) is 0. The van der Waals surface area contributed by atoms with E-state index in [1.807, 2.05) is 0 Å². The van der Waals surface area contributed by atoms with Crippen molar-refractivity contribution in [1.29, 1.82) is 0 Å². The Morgan fingerprint density at radius 1 is 0.875 bits per heavy atom. The molecule has 1 nitrogen and oxygen atoms in total. The molecule has 0 amide bonds. The van der Waals surface area contributed by atoms with Gasteiger partial charge in [0.05, 0.1) is 0 Å². The van der Waals surface area contributed by atoms with Crippen molar-refractivity contribution < 1.29 is 198 Å². The first-order valence-electron chi connectivity index (χ1n) is 0.616. The van der Waals surface area contributed by atoms with Gasteiger partial charge in [0.2, 0.25) is 0 Å². The molecule has 0 fully saturated rings. The monoisotopic (exact) mass is 677 g/mol. The Morgan fingerprint density at radius 3 is 0.875 bits per heavy atom. The Balaban J connectivity index is -0.00000000133. The Labute approximate surface area is 217 Å². The van der Waals surface area contributed by atoms with E-state index in [9.17, 15) is 0 Å². The van der Waals surface area contributed by atoms with Gasteiger partial charge in [0, 0.05) is 196 Å². The summed E-state index contributed by atoms with van der Waals surface area (Å²) in [7, 11) is 0. The minimum absolute atomic E-state index is 0. The summed E-state index contributed by atoms with van der Waals surface area (Å²) in [6.07, 6.45) is 0. The molecule has 0 rings (SSSR count). The molecule has 0 atom stereocenters. The fraction of sp³-hybridized carbons (Fsp3) is 0. The quantitative estimate of drug-likeness (QED) is 0.347. The fourth-order valence-corrected chi connectivity index (χ4v) is 0. The predicted molar refractivity (Wildman–Crippen MR) is 18.3 cm³/mol. The summed E-state index contributed by atoms with van der Waals surface area (Å²) >= 11 is 1.58. The Morgan fingerprint density at radius 2 is 0.875 bits per heavy atom. The average Bonchev–Trinajstić information content (AvgIpc) is 0.918. The van der Waals surface area contributed by atoms with Gasteiger partial charge in [-0.2, -0.15) is 0 Å². The maximum atomic E-state index is 5.82. The van der Waals surface area contributed by atoms with E-state index in [0.717, 1.165) is 0 Å². The molecule has 0 aromatic rings. The van der Waals surface area contributed by atoms with Crippen molar-refractivity contribution in [2.24, 2.45) is 0 Å². The zero-order chi connectivity index (χ0) is 2.71. The Kier molecular flexibility index (Phi) is 214. The van der Waals surface area contributed by atoms with Crippen molar-refractivity contribution in [2.75, 3.05) is 0 Å². The molecule has 0 aromatic heterocycles. The molecule has 8 heteroatoms. The van der Waals surface area contributed by atoms with E-state index in [4.69, 9.17) is 1.41 Å². The first kappa shape index (κ1) is 36.2. The van der Waals surface area contributed by atoms with Crippen LogP contribution in [0.15, 0.2) is 0 Å². The minimum atomic E-state index is 0. The van der Waals surface area contributed by atoms with Crippen LogP contribution in [0.4, 0.5) is 0 Å². The number of hydrogen-bond acceptors (Lipinski definition) is 0. The molecule has 0 aliphatic heterocycles. The van der Waals surface area contributed by atoms with Crippen molar-refractivity contribution in [3.05, 3.63) is 3.94 Å². The third-order valence-electron chi connectivity index (χ3n) is 0. The van der Waals surface area contributed by atoms with Crippen LogP contribution in [-0.2, 0) is 196 Å². The molecule has 32 valence electrons. The molecule has 6 radical (unpaired) electrons. The van der Waals surface area contributed by atoms with Gasteiger partial charge in [-0.05, 0) is 0 Å². The van der Waals surface area contributed by atoms with Crippen LogP contribution in [0.5, 0.6) is 0 Å². The second kappa shape index (κ2) is 47.4. The SMILES string of the molecule is [3H][N-]I.[Y].[Y].[Y].[Y].[Y].[Y]. The van der Waals surface area contributed by atoms with Crippen LogP contribution in [0.2, 0.25) is 1.41 Å². The zero-order valence-corrected chi connectivity index (χ0v) is 23.5. The second-order valence-corrected chi connectivity index (χ2v) is 0. The van der Waals surface area contributed by atoms with Crippen LogP contribution in [-0.4, -0.2) is 0 Å². The average molecular weight is 677 g/mol. The number of halogens is 1. The van der Waals surface area contributed by atoms with E-state index in [0.29, 0.717) is 0 Å². The van der Waals surface area contributed by atoms with Crippen LogP contribution >= 0.6 is 22.9 Å². The molecule has 1 N–H and O–H groups in total. The van der Waals surface area contributed by atoms with E-state index in [2.05, 4.69) is 3.94 Å². The van der Waals surface area contributed by atoms with Crippen LogP contribution in [0, 0.1) is 0 Å². The Bertz CT molecular complexity index is 13.0. The number of rotatable bonds is 0.